The van der Waals surface area contributed by atoms with Gasteiger partial charge < -0.3 is 0 Å². The van der Waals surface area contributed by atoms with E-state index < -0.39 is 0 Å². The van der Waals surface area contributed by atoms with Gasteiger partial charge in [0.05, 0.1) is 5.52 Å². The van der Waals surface area contributed by atoms with E-state index in [1.165, 1.54) is 27.5 Å². The Hall–Kier alpha value is -2.61. The molecule has 0 aliphatic heterocycles. The van der Waals surface area contributed by atoms with Crippen molar-refractivity contribution in [3.05, 3.63) is 71.9 Å². The van der Waals surface area contributed by atoms with Gasteiger partial charge in [-0.15, -0.1) is 0 Å². The first kappa shape index (κ1) is 12.2. The van der Waals surface area contributed by atoms with Crippen LogP contribution in [0.5, 0.6) is 0 Å². The molecule has 4 rings (SSSR count). The van der Waals surface area contributed by atoms with Crippen molar-refractivity contribution in [2.24, 2.45) is 0 Å². The molecule has 2 nitrogen and oxygen atoms in total. The lowest BCUT2D eigenvalue weighted by Crippen LogP contribution is -1.96. The number of benzene rings is 2. The zero-order valence-corrected chi connectivity index (χ0v) is 12.2. The number of pyridine rings is 1. The molecule has 0 unspecified atom stereocenters. The Labute approximate surface area is 123 Å². The molecule has 0 radical (unpaired) electrons. The Bertz CT molecular complexity index is 964. The fourth-order valence-corrected chi connectivity index (χ4v) is 2.96. The summed E-state index contributed by atoms with van der Waals surface area (Å²) in [7, 11) is 0. The van der Waals surface area contributed by atoms with Crippen LogP contribution < -0.4 is 0 Å². The molecule has 0 fully saturated rings. The van der Waals surface area contributed by atoms with E-state index in [-0.39, 0.29) is 0 Å². The van der Waals surface area contributed by atoms with Crippen LogP contribution in [0.4, 0.5) is 0 Å². The molecule has 0 spiro atoms. The second kappa shape index (κ2) is 4.45. The van der Waals surface area contributed by atoms with Crippen LogP contribution in [0.15, 0.2) is 60.7 Å². The Morgan fingerprint density at radius 3 is 2.52 bits per heavy atom. The monoisotopic (exact) mass is 272 g/mol. The highest BCUT2D eigenvalue weighted by atomic mass is 15.0. The number of hydrogen-bond donors (Lipinski definition) is 0. The van der Waals surface area contributed by atoms with E-state index >= 15 is 0 Å². The maximum Gasteiger partial charge on any atom is 0.145 e. The van der Waals surface area contributed by atoms with Crippen LogP contribution in [0.3, 0.4) is 0 Å². The normalized spacial score (nSPS) is 11.3. The summed E-state index contributed by atoms with van der Waals surface area (Å²) >= 11 is 0. The fourth-order valence-electron chi connectivity index (χ4n) is 2.96. The summed E-state index contributed by atoms with van der Waals surface area (Å²) in [5, 5.41) is 2.46. The molecule has 2 heterocycles. The predicted molar refractivity (Wildman–Crippen MR) is 88.1 cm³/mol. The molecular formula is C19H16N2. The lowest BCUT2D eigenvalue weighted by atomic mass is 10.2. The molecule has 0 atom stereocenters. The first-order chi connectivity index (χ1) is 10.2. The molecule has 21 heavy (non-hydrogen) atoms. The van der Waals surface area contributed by atoms with Gasteiger partial charge in [0.25, 0.3) is 0 Å². The summed E-state index contributed by atoms with van der Waals surface area (Å²) in [5.74, 6) is 0. The van der Waals surface area contributed by atoms with E-state index in [1.54, 1.807) is 0 Å². The molecule has 0 saturated carbocycles. The average Bonchev–Trinajstić information content (AvgIpc) is 2.80. The van der Waals surface area contributed by atoms with Crippen molar-refractivity contribution in [3.63, 3.8) is 0 Å². The lowest BCUT2D eigenvalue weighted by molar-refractivity contribution is 1.11. The van der Waals surface area contributed by atoms with Crippen molar-refractivity contribution in [1.82, 2.24) is 9.55 Å². The Balaban J connectivity index is 2.21. The van der Waals surface area contributed by atoms with Gasteiger partial charge in [0.2, 0.25) is 0 Å². The lowest BCUT2D eigenvalue weighted by Gasteiger charge is -2.08. The van der Waals surface area contributed by atoms with Gasteiger partial charge in [-0.05, 0) is 49.7 Å². The summed E-state index contributed by atoms with van der Waals surface area (Å²) in [5.41, 5.74) is 5.70. The van der Waals surface area contributed by atoms with Crippen LogP contribution in [-0.4, -0.2) is 9.55 Å². The minimum atomic E-state index is 1.03. The van der Waals surface area contributed by atoms with Crippen LogP contribution in [0.2, 0.25) is 0 Å². The van der Waals surface area contributed by atoms with Crippen LogP contribution in [0.1, 0.15) is 11.3 Å². The number of para-hydroxylation sites is 1. The summed E-state index contributed by atoms with van der Waals surface area (Å²) in [4.78, 5) is 4.78. The standard InChI is InChI=1S/C19H16N2/c1-13-6-5-7-15(12-13)21-18-9-4-3-8-16(18)17-11-10-14(2)20-19(17)21/h3-12H,1-2H3. The van der Waals surface area contributed by atoms with Crippen molar-refractivity contribution < 1.29 is 0 Å². The predicted octanol–water partition coefficient (Wildman–Crippen LogP) is 4.80. The average molecular weight is 272 g/mol. The summed E-state index contributed by atoms with van der Waals surface area (Å²) in [6.07, 6.45) is 0. The summed E-state index contributed by atoms with van der Waals surface area (Å²) in [6, 6.07) is 21.3. The largest absolute Gasteiger partial charge is 0.294 e. The molecule has 0 N–H and O–H groups in total. The molecule has 2 aromatic heterocycles. The van der Waals surface area contributed by atoms with Crippen LogP contribution in [-0.2, 0) is 0 Å². The molecule has 4 aromatic rings. The van der Waals surface area contributed by atoms with Crippen molar-refractivity contribution >= 4 is 21.9 Å². The minimum Gasteiger partial charge on any atom is -0.294 e. The van der Waals surface area contributed by atoms with E-state index in [2.05, 4.69) is 72.2 Å². The molecule has 0 saturated heterocycles. The number of rotatable bonds is 1. The smallest absolute Gasteiger partial charge is 0.145 e. The summed E-state index contributed by atoms with van der Waals surface area (Å²) < 4.78 is 2.25. The van der Waals surface area contributed by atoms with Crippen LogP contribution in [0, 0.1) is 13.8 Å². The van der Waals surface area contributed by atoms with Gasteiger partial charge in [-0.1, -0.05) is 30.3 Å². The maximum atomic E-state index is 4.78. The highest BCUT2D eigenvalue weighted by Gasteiger charge is 2.12. The third kappa shape index (κ3) is 1.83. The van der Waals surface area contributed by atoms with Crippen molar-refractivity contribution in [2.45, 2.75) is 13.8 Å². The van der Waals surface area contributed by atoms with E-state index in [9.17, 15) is 0 Å². The van der Waals surface area contributed by atoms with E-state index in [0.29, 0.717) is 0 Å². The number of fused-ring (bicyclic) bond motifs is 3. The molecule has 0 aliphatic carbocycles. The Kier molecular flexibility index (Phi) is 2.58. The number of aryl methyl sites for hydroxylation is 2. The first-order valence-corrected chi connectivity index (χ1v) is 7.18. The number of nitrogens with zero attached hydrogens (tertiary/aromatic N) is 2. The fraction of sp³-hybridized carbons (Fsp3) is 0.105. The zero-order chi connectivity index (χ0) is 14.4. The van der Waals surface area contributed by atoms with Gasteiger partial charge in [0.1, 0.15) is 5.65 Å². The maximum absolute atomic E-state index is 4.78. The van der Waals surface area contributed by atoms with Crippen molar-refractivity contribution in [3.8, 4) is 5.69 Å². The van der Waals surface area contributed by atoms with Gasteiger partial charge in [0, 0.05) is 22.2 Å². The van der Waals surface area contributed by atoms with Crippen LogP contribution in [0.25, 0.3) is 27.6 Å². The van der Waals surface area contributed by atoms with E-state index in [0.717, 1.165) is 11.3 Å². The summed E-state index contributed by atoms with van der Waals surface area (Å²) in [6.45, 7) is 4.16. The van der Waals surface area contributed by atoms with Crippen molar-refractivity contribution in [1.29, 1.82) is 0 Å². The number of hydrogen-bond acceptors (Lipinski definition) is 1. The zero-order valence-electron chi connectivity index (χ0n) is 12.2. The van der Waals surface area contributed by atoms with Gasteiger partial charge in [-0.3, -0.25) is 4.57 Å². The molecular weight excluding hydrogens is 256 g/mol. The molecule has 102 valence electrons. The second-order valence-electron chi connectivity index (χ2n) is 5.52. The van der Waals surface area contributed by atoms with Crippen molar-refractivity contribution in [2.75, 3.05) is 0 Å². The number of aromatic nitrogens is 2. The molecule has 2 heteroatoms. The van der Waals surface area contributed by atoms with E-state index in [4.69, 9.17) is 4.98 Å². The SMILES string of the molecule is Cc1cccc(-n2c3ccccc3c3ccc(C)nc32)c1. The Morgan fingerprint density at radius 2 is 1.67 bits per heavy atom. The molecule has 0 aliphatic rings. The van der Waals surface area contributed by atoms with Gasteiger partial charge in [-0.2, -0.15) is 0 Å². The highest BCUT2D eigenvalue weighted by Crippen LogP contribution is 2.30. The van der Waals surface area contributed by atoms with Gasteiger partial charge >= 0.3 is 0 Å². The van der Waals surface area contributed by atoms with Crippen LogP contribution >= 0.6 is 0 Å². The minimum absolute atomic E-state index is 1.03. The molecule has 0 bridgehead atoms. The molecule has 0 amide bonds. The third-order valence-corrected chi connectivity index (χ3v) is 3.92. The third-order valence-electron chi connectivity index (χ3n) is 3.92. The Morgan fingerprint density at radius 1 is 0.810 bits per heavy atom. The first-order valence-electron chi connectivity index (χ1n) is 7.18. The second-order valence-corrected chi connectivity index (χ2v) is 5.52. The van der Waals surface area contributed by atoms with Gasteiger partial charge in [0.15, 0.2) is 0 Å². The highest BCUT2D eigenvalue weighted by molar-refractivity contribution is 6.07. The quantitative estimate of drug-likeness (QED) is 0.487. The topological polar surface area (TPSA) is 17.8 Å². The van der Waals surface area contributed by atoms with E-state index in [1.807, 2.05) is 6.92 Å². The molecule has 2 aromatic carbocycles. The van der Waals surface area contributed by atoms with Gasteiger partial charge in [-0.25, -0.2) is 4.98 Å².